The molecule has 0 saturated heterocycles. The molecular weight excluding hydrogens is 160 g/mol. The Bertz CT molecular complexity index is 241. The summed E-state index contributed by atoms with van der Waals surface area (Å²) >= 11 is 0. The molecule has 0 bridgehead atoms. The van der Waals surface area contributed by atoms with Gasteiger partial charge in [0, 0.05) is 17.9 Å². The van der Waals surface area contributed by atoms with E-state index in [9.17, 15) is 0 Å². The first kappa shape index (κ1) is 10.2. The standard InChI is InChI=1S/C11H18N2/c1-4-5-11-7-6-10(8-13-11)9(2)12-3/h6-9,12H,4-5H2,1-3H3. The monoisotopic (exact) mass is 178 g/mol. The lowest BCUT2D eigenvalue weighted by Gasteiger charge is -2.09. The number of nitrogens with zero attached hydrogens (tertiary/aromatic N) is 1. The second-order valence-electron chi connectivity index (χ2n) is 3.34. The fourth-order valence-corrected chi connectivity index (χ4v) is 1.26. The van der Waals surface area contributed by atoms with Crippen LogP contribution in [-0.4, -0.2) is 12.0 Å². The van der Waals surface area contributed by atoms with E-state index in [2.05, 4.69) is 36.3 Å². The molecule has 0 aromatic carbocycles. The Hall–Kier alpha value is -0.890. The van der Waals surface area contributed by atoms with E-state index in [0.717, 1.165) is 12.8 Å². The topological polar surface area (TPSA) is 24.9 Å². The number of aryl methyl sites for hydroxylation is 1. The Morgan fingerprint density at radius 2 is 2.23 bits per heavy atom. The Balaban J connectivity index is 2.69. The first-order valence-electron chi connectivity index (χ1n) is 4.90. The van der Waals surface area contributed by atoms with E-state index in [0.29, 0.717) is 6.04 Å². The molecule has 1 heterocycles. The van der Waals surface area contributed by atoms with Gasteiger partial charge in [-0.3, -0.25) is 4.98 Å². The fraction of sp³-hybridized carbons (Fsp3) is 0.545. The van der Waals surface area contributed by atoms with Crippen molar-refractivity contribution in [2.75, 3.05) is 7.05 Å². The van der Waals surface area contributed by atoms with E-state index >= 15 is 0 Å². The van der Waals surface area contributed by atoms with Crippen LogP contribution in [0.3, 0.4) is 0 Å². The van der Waals surface area contributed by atoms with Crippen molar-refractivity contribution in [1.29, 1.82) is 0 Å². The van der Waals surface area contributed by atoms with Gasteiger partial charge in [-0.1, -0.05) is 19.4 Å². The minimum Gasteiger partial charge on any atom is -0.313 e. The van der Waals surface area contributed by atoms with E-state index in [1.807, 2.05) is 13.2 Å². The highest BCUT2D eigenvalue weighted by atomic mass is 14.9. The number of rotatable bonds is 4. The highest BCUT2D eigenvalue weighted by Gasteiger charge is 2.01. The molecule has 0 saturated carbocycles. The normalized spacial score (nSPS) is 12.8. The van der Waals surface area contributed by atoms with E-state index in [4.69, 9.17) is 0 Å². The molecule has 0 amide bonds. The van der Waals surface area contributed by atoms with Crippen LogP contribution >= 0.6 is 0 Å². The van der Waals surface area contributed by atoms with Crippen LogP contribution in [0.2, 0.25) is 0 Å². The molecule has 72 valence electrons. The van der Waals surface area contributed by atoms with Gasteiger partial charge in [0.05, 0.1) is 0 Å². The Kier molecular flexibility index (Phi) is 3.90. The second-order valence-corrected chi connectivity index (χ2v) is 3.34. The van der Waals surface area contributed by atoms with E-state index < -0.39 is 0 Å². The molecule has 0 aliphatic rings. The summed E-state index contributed by atoms with van der Waals surface area (Å²) in [6.07, 6.45) is 4.20. The van der Waals surface area contributed by atoms with Crippen molar-refractivity contribution < 1.29 is 0 Å². The average Bonchev–Trinajstić information content (AvgIpc) is 2.18. The summed E-state index contributed by atoms with van der Waals surface area (Å²) in [6.45, 7) is 4.31. The van der Waals surface area contributed by atoms with Crippen LogP contribution in [0, 0.1) is 0 Å². The molecule has 0 radical (unpaired) electrons. The zero-order chi connectivity index (χ0) is 9.68. The molecule has 0 aliphatic heterocycles. The maximum atomic E-state index is 4.40. The molecule has 2 heteroatoms. The lowest BCUT2D eigenvalue weighted by molar-refractivity contribution is 0.648. The van der Waals surface area contributed by atoms with Gasteiger partial charge in [-0.2, -0.15) is 0 Å². The maximum absolute atomic E-state index is 4.40. The summed E-state index contributed by atoms with van der Waals surface area (Å²) in [4.78, 5) is 4.40. The zero-order valence-corrected chi connectivity index (χ0v) is 8.67. The average molecular weight is 178 g/mol. The minimum atomic E-state index is 0.392. The third-order valence-electron chi connectivity index (χ3n) is 2.29. The van der Waals surface area contributed by atoms with Crippen LogP contribution < -0.4 is 5.32 Å². The quantitative estimate of drug-likeness (QED) is 0.765. The second kappa shape index (κ2) is 4.97. The number of aromatic nitrogens is 1. The van der Waals surface area contributed by atoms with Gasteiger partial charge in [0.2, 0.25) is 0 Å². The molecule has 0 spiro atoms. The van der Waals surface area contributed by atoms with Crippen molar-refractivity contribution >= 4 is 0 Å². The van der Waals surface area contributed by atoms with Crippen molar-refractivity contribution in [3.63, 3.8) is 0 Å². The molecule has 2 nitrogen and oxygen atoms in total. The Labute approximate surface area is 80.4 Å². The van der Waals surface area contributed by atoms with E-state index in [-0.39, 0.29) is 0 Å². The first-order chi connectivity index (χ1) is 6.27. The van der Waals surface area contributed by atoms with E-state index in [1.165, 1.54) is 11.3 Å². The minimum absolute atomic E-state index is 0.392. The highest BCUT2D eigenvalue weighted by Crippen LogP contribution is 2.10. The summed E-state index contributed by atoms with van der Waals surface area (Å²) in [6, 6.07) is 4.66. The van der Waals surface area contributed by atoms with Crippen molar-refractivity contribution in [3.05, 3.63) is 29.6 Å². The Morgan fingerprint density at radius 1 is 1.46 bits per heavy atom. The van der Waals surface area contributed by atoms with E-state index in [1.54, 1.807) is 0 Å². The number of hydrogen-bond acceptors (Lipinski definition) is 2. The molecule has 1 atom stereocenters. The van der Waals surface area contributed by atoms with Crippen molar-refractivity contribution in [2.45, 2.75) is 32.7 Å². The van der Waals surface area contributed by atoms with Gasteiger partial charge >= 0.3 is 0 Å². The number of nitrogens with one attached hydrogen (secondary N) is 1. The summed E-state index contributed by atoms with van der Waals surface area (Å²) in [5.41, 5.74) is 2.44. The van der Waals surface area contributed by atoms with Crippen LogP contribution in [0.15, 0.2) is 18.3 Å². The molecule has 1 aromatic heterocycles. The zero-order valence-electron chi connectivity index (χ0n) is 8.67. The number of hydrogen-bond donors (Lipinski definition) is 1. The predicted molar refractivity (Wildman–Crippen MR) is 55.7 cm³/mol. The van der Waals surface area contributed by atoms with Gasteiger partial charge in [-0.25, -0.2) is 0 Å². The Morgan fingerprint density at radius 3 is 2.69 bits per heavy atom. The summed E-state index contributed by atoms with van der Waals surface area (Å²) < 4.78 is 0. The van der Waals surface area contributed by atoms with Crippen molar-refractivity contribution in [3.8, 4) is 0 Å². The summed E-state index contributed by atoms with van der Waals surface area (Å²) in [7, 11) is 1.96. The molecular formula is C11H18N2. The van der Waals surface area contributed by atoms with Crippen LogP contribution in [0.5, 0.6) is 0 Å². The molecule has 1 rings (SSSR count). The van der Waals surface area contributed by atoms with Gasteiger partial charge in [0.15, 0.2) is 0 Å². The van der Waals surface area contributed by atoms with Crippen LogP contribution in [0.25, 0.3) is 0 Å². The van der Waals surface area contributed by atoms with Crippen molar-refractivity contribution in [1.82, 2.24) is 10.3 Å². The lowest BCUT2D eigenvalue weighted by atomic mass is 10.1. The first-order valence-corrected chi connectivity index (χ1v) is 4.90. The summed E-state index contributed by atoms with van der Waals surface area (Å²) in [5, 5.41) is 3.19. The van der Waals surface area contributed by atoms with Crippen LogP contribution in [0.4, 0.5) is 0 Å². The molecule has 1 aromatic rings. The maximum Gasteiger partial charge on any atom is 0.0403 e. The van der Waals surface area contributed by atoms with Crippen LogP contribution in [0.1, 0.15) is 37.6 Å². The fourth-order valence-electron chi connectivity index (χ4n) is 1.26. The third kappa shape index (κ3) is 2.81. The predicted octanol–water partition coefficient (Wildman–Crippen LogP) is 2.31. The molecule has 1 N–H and O–H groups in total. The number of pyridine rings is 1. The van der Waals surface area contributed by atoms with Gasteiger partial charge in [-0.15, -0.1) is 0 Å². The van der Waals surface area contributed by atoms with Crippen molar-refractivity contribution in [2.24, 2.45) is 0 Å². The van der Waals surface area contributed by atoms with Gasteiger partial charge in [0.25, 0.3) is 0 Å². The van der Waals surface area contributed by atoms with Gasteiger partial charge < -0.3 is 5.32 Å². The lowest BCUT2D eigenvalue weighted by Crippen LogP contribution is -2.12. The largest absolute Gasteiger partial charge is 0.313 e. The highest BCUT2D eigenvalue weighted by molar-refractivity contribution is 5.17. The van der Waals surface area contributed by atoms with Gasteiger partial charge in [0.1, 0.15) is 0 Å². The summed E-state index contributed by atoms with van der Waals surface area (Å²) in [5.74, 6) is 0. The SMILES string of the molecule is CCCc1ccc(C(C)NC)cn1. The third-order valence-corrected chi connectivity index (χ3v) is 2.29. The van der Waals surface area contributed by atoms with Gasteiger partial charge in [-0.05, 0) is 32.0 Å². The molecule has 0 aliphatic carbocycles. The smallest absolute Gasteiger partial charge is 0.0403 e. The van der Waals surface area contributed by atoms with Crippen LogP contribution in [-0.2, 0) is 6.42 Å². The molecule has 13 heavy (non-hydrogen) atoms. The molecule has 1 unspecified atom stereocenters. The molecule has 0 fully saturated rings.